The minimum Gasteiger partial charge on any atom is -0.388 e. The molecular weight excluding hydrogens is 258 g/mol. The second kappa shape index (κ2) is 6.00. The van der Waals surface area contributed by atoms with Crippen molar-refractivity contribution < 1.29 is 5.11 Å². The molecule has 0 aliphatic heterocycles. The molecule has 2 heteroatoms. The number of hydrogen-bond donors (Lipinski definition) is 1. The molecule has 0 saturated carbocycles. The zero-order valence-corrected chi connectivity index (χ0v) is 12.7. The highest BCUT2D eigenvalue weighted by atomic mass is 16.3. The van der Waals surface area contributed by atoms with Gasteiger partial charge in [-0.05, 0) is 23.2 Å². The molecule has 0 aromatic heterocycles. The molecule has 110 valence electrons. The van der Waals surface area contributed by atoms with Gasteiger partial charge in [-0.1, -0.05) is 68.4 Å². The summed E-state index contributed by atoms with van der Waals surface area (Å²) in [5.74, 6) is 0.228. The van der Waals surface area contributed by atoms with Crippen LogP contribution in [0.4, 0.5) is 0 Å². The number of aliphatic hydroxyl groups is 1. The van der Waals surface area contributed by atoms with Crippen LogP contribution in [0.5, 0.6) is 0 Å². The van der Waals surface area contributed by atoms with E-state index in [4.69, 9.17) is 0 Å². The van der Waals surface area contributed by atoms with E-state index in [2.05, 4.69) is 67.3 Å². The Labute approximate surface area is 127 Å². The van der Waals surface area contributed by atoms with Crippen LogP contribution in [0, 0.1) is 5.92 Å². The van der Waals surface area contributed by atoms with Crippen molar-refractivity contribution in [1.82, 2.24) is 4.90 Å². The molecule has 1 aliphatic rings. The molecule has 0 radical (unpaired) electrons. The number of benzene rings is 2. The van der Waals surface area contributed by atoms with Crippen molar-refractivity contribution in [2.24, 2.45) is 5.92 Å². The van der Waals surface area contributed by atoms with Gasteiger partial charge >= 0.3 is 0 Å². The summed E-state index contributed by atoms with van der Waals surface area (Å²) in [4.78, 5) is 2.47. The first-order chi connectivity index (χ1) is 10.2. The van der Waals surface area contributed by atoms with Crippen LogP contribution in [0.1, 0.15) is 42.7 Å². The number of hydrogen-bond acceptors (Lipinski definition) is 2. The van der Waals surface area contributed by atoms with Gasteiger partial charge in [0.25, 0.3) is 0 Å². The number of fused-ring (bicyclic) bond motifs is 1. The number of aliphatic hydroxyl groups excluding tert-OH is 1. The molecule has 3 rings (SSSR count). The van der Waals surface area contributed by atoms with Gasteiger partial charge in [-0.3, -0.25) is 4.90 Å². The lowest BCUT2D eigenvalue weighted by atomic mass is 9.99. The third-order valence-corrected chi connectivity index (χ3v) is 4.66. The van der Waals surface area contributed by atoms with Gasteiger partial charge in [0.15, 0.2) is 0 Å². The van der Waals surface area contributed by atoms with Gasteiger partial charge in [0.1, 0.15) is 0 Å². The average Bonchev–Trinajstić information content (AvgIpc) is 2.78. The van der Waals surface area contributed by atoms with Crippen LogP contribution in [-0.2, 0) is 6.54 Å². The normalized spacial score (nSPS) is 24.3. The summed E-state index contributed by atoms with van der Waals surface area (Å²) in [7, 11) is 0. The Morgan fingerprint density at radius 3 is 2.24 bits per heavy atom. The van der Waals surface area contributed by atoms with Crippen LogP contribution in [0.3, 0.4) is 0 Å². The van der Waals surface area contributed by atoms with Crippen molar-refractivity contribution in [2.75, 3.05) is 6.54 Å². The maximum absolute atomic E-state index is 10.5. The van der Waals surface area contributed by atoms with E-state index < -0.39 is 0 Å². The lowest BCUT2D eigenvalue weighted by Gasteiger charge is -2.32. The lowest BCUT2D eigenvalue weighted by molar-refractivity contribution is 0.0657. The Morgan fingerprint density at radius 2 is 1.57 bits per heavy atom. The average molecular weight is 281 g/mol. The molecule has 1 aliphatic carbocycles. The Hall–Kier alpha value is -1.64. The summed E-state index contributed by atoms with van der Waals surface area (Å²) in [6, 6.07) is 19.2. The van der Waals surface area contributed by atoms with Crippen molar-refractivity contribution in [1.29, 1.82) is 0 Å². The molecule has 2 aromatic rings. The van der Waals surface area contributed by atoms with Gasteiger partial charge < -0.3 is 5.11 Å². The van der Waals surface area contributed by atoms with E-state index in [0.29, 0.717) is 6.04 Å². The number of rotatable bonds is 4. The first kappa shape index (κ1) is 14.3. The van der Waals surface area contributed by atoms with Crippen molar-refractivity contribution in [3.05, 3.63) is 71.3 Å². The van der Waals surface area contributed by atoms with Gasteiger partial charge in [-0.2, -0.15) is 0 Å². The van der Waals surface area contributed by atoms with Gasteiger partial charge in [0.2, 0.25) is 0 Å². The second-order valence-corrected chi connectivity index (χ2v) is 5.93. The molecule has 0 spiro atoms. The molecule has 2 aromatic carbocycles. The lowest BCUT2D eigenvalue weighted by Crippen LogP contribution is -2.31. The molecule has 2 nitrogen and oxygen atoms in total. The zero-order valence-electron chi connectivity index (χ0n) is 12.7. The molecule has 1 N–H and O–H groups in total. The van der Waals surface area contributed by atoms with E-state index >= 15 is 0 Å². The van der Waals surface area contributed by atoms with Crippen LogP contribution in [-0.4, -0.2) is 16.6 Å². The molecule has 0 amide bonds. The second-order valence-electron chi connectivity index (χ2n) is 5.93. The SMILES string of the molecule is CCN(Cc1ccccc1)C1c2ccccc2C(O)C1C. The summed E-state index contributed by atoms with van der Waals surface area (Å²) in [5, 5.41) is 10.5. The van der Waals surface area contributed by atoms with Gasteiger partial charge in [0, 0.05) is 18.5 Å². The minimum atomic E-state index is -0.351. The zero-order chi connectivity index (χ0) is 14.8. The highest BCUT2D eigenvalue weighted by Crippen LogP contribution is 2.46. The van der Waals surface area contributed by atoms with Crippen molar-refractivity contribution in [3.8, 4) is 0 Å². The van der Waals surface area contributed by atoms with Crippen LogP contribution < -0.4 is 0 Å². The Bertz CT molecular complexity index is 596. The number of nitrogens with zero attached hydrogens (tertiary/aromatic N) is 1. The summed E-state index contributed by atoms with van der Waals surface area (Å²) >= 11 is 0. The van der Waals surface area contributed by atoms with Gasteiger partial charge in [-0.15, -0.1) is 0 Å². The minimum absolute atomic E-state index is 0.228. The standard InChI is InChI=1S/C19H23NO/c1-3-20(13-15-9-5-4-6-10-15)18-14(2)19(21)17-12-8-7-11-16(17)18/h4-12,14,18-19,21H,3,13H2,1-2H3. The first-order valence-corrected chi connectivity index (χ1v) is 7.77. The smallest absolute Gasteiger partial charge is 0.0837 e. The fourth-order valence-electron chi connectivity index (χ4n) is 3.54. The quantitative estimate of drug-likeness (QED) is 0.917. The molecule has 3 unspecified atom stereocenters. The summed E-state index contributed by atoms with van der Waals surface area (Å²) < 4.78 is 0. The maximum atomic E-state index is 10.5. The van der Waals surface area contributed by atoms with E-state index in [-0.39, 0.29) is 12.0 Å². The van der Waals surface area contributed by atoms with E-state index in [0.717, 1.165) is 18.7 Å². The predicted octanol–water partition coefficient (Wildman–Crippen LogP) is 3.93. The Kier molecular flexibility index (Phi) is 4.09. The van der Waals surface area contributed by atoms with Crippen molar-refractivity contribution in [2.45, 2.75) is 32.5 Å². The van der Waals surface area contributed by atoms with E-state index in [1.807, 2.05) is 6.07 Å². The fourth-order valence-corrected chi connectivity index (χ4v) is 3.54. The van der Waals surface area contributed by atoms with Crippen LogP contribution >= 0.6 is 0 Å². The van der Waals surface area contributed by atoms with Gasteiger partial charge in [-0.25, -0.2) is 0 Å². The first-order valence-electron chi connectivity index (χ1n) is 7.77. The van der Waals surface area contributed by atoms with Crippen molar-refractivity contribution >= 4 is 0 Å². The monoisotopic (exact) mass is 281 g/mol. The highest BCUT2D eigenvalue weighted by molar-refractivity contribution is 5.38. The molecular formula is C19H23NO. The topological polar surface area (TPSA) is 23.5 Å². The highest BCUT2D eigenvalue weighted by Gasteiger charge is 2.39. The molecule has 0 heterocycles. The predicted molar refractivity (Wildman–Crippen MR) is 85.8 cm³/mol. The van der Waals surface area contributed by atoms with E-state index in [1.54, 1.807) is 0 Å². The van der Waals surface area contributed by atoms with Crippen LogP contribution in [0.2, 0.25) is 0 Å². The van der Waals surface area contributed by atoms with Crippen LogP contribution in [0.15, 0.2) is 54.6 Å². The molecule has 0 fully saturated rings. The third kappa shape index (κ3) is 2.61. The summed E-state index contributed by atoms with van der Waals surface area (Å²) in [6.07, 6.45) is -0.351. The largest absolute Gasteiger partial charge is 0.388 e. The molecule has 3 atom stereocenters. The molecule has 21 heavy (non-hydrogen) atoms. The fraction of sp³-hybridized carbons (Fsp3) is 0.368. The molecule has 0 saturated heterocycles. The van der Waals surface area contributed by atoms with E-state index in [1.165, 1.54) is 11.1 Å². The van der Waals surface area contributed by atoms with Gasteiger partial charge in [0.05, 0.1) is 6.10 Å². The maximum Gasteiger partial charge on any atom is 0.0837 e. The Morgan fingerprint density at radius 1 is 0.952 bits per heavy atom. The van der Waals surface area contributed by atoms with E-state index in [9.17, 15) is 5.11 Å². The molecule has 0 bridgehead atoms. The summed E-state index contributed by atoms with van der Waals surface area (Å²) in [5.41, 5.74) is 3.71. The van der Waals surface area contributed by atoms with Crippen LogP contribution in [0.25, 0.3) is 0 Å². The third-order valence-electron chi connectivity index (χ3n) is 4.66. The summed E-state index contributed by atoms with van der Waals surface area (Å²) in [6.45, 7) is 6.25. The van der Waals surface area contributed by atoms with Crippen molar-refractivity contribution in [3.63, 3.8) is 0 Å². The Balaban J connectivity index is 1.90.